The Morgan fingerprint density at radius 1 is 1.41 bits per heavy atom. The summed E-state index contributed by atoms with van der Waals surface area (Å²) in [5.41, 5.74) is 8.59. The standard InChI is InChI=1S/C12H11ClN4/c1-17-6-7(9-5-11(14)16-15-9)12-8(13)3-2-4-10(12)17/h2-6H,1H3,(H3,14,15,16). The second-order valence-electron chi connectivity index (χ2n) is 3.99. The van der Waals surface area contributed by atoms with Crippen LogP contribution >= 0.6 is 11.6 Å². The Morgan fingerprint density at radius 2 is 2.24 bits per heavy atom. The molecule has 17 heavy (non-hydrogen) atoms. The molecule has 0 spiro atoms. The number of fused-ring (bicyclic) bond motifs is 1. The first-order chi connectivity index (χ1) is 8.16. The van der Waals surface area contributed by atoms with Crippen molar-refractivity contribution < 1.29 is 0 Å². The second kappa shape index (κ2) is 3.53. The molecule has 1 aromatic carbocycles. The number of nitrogens with two attached hydrogens (primary N) is 1. The van der Waals surface area contributed by atoms with Gasteiger partial charge in [0.2, 0.25) is 0 Å². The van der Waals surface area contributed by atoms with Crippen LogP contribution in [-0.4, -0.2) is 14.8 Å². The monoisotopic (exact) mass is 246 g/mol. The molecule has 0 saturated heterocycles. The molecule has 0 aliphatic carbocycles. The minimum absolute atomic E-state index is 0.476. The normalized spacial score (nSPS) is 11.2. The van der Waals surface area contributed by atoms with Gasteiger partial charge in [-0.1, -0.05) is 17.7 Å². The third-order valence-electron chi connectivity index (χ3n) is 2.85. The fourth-order valence-electron chi connectivity index (χ4n) is 2.08. The van der Waals surface area contributed by atoms with Crippen molar-refractivity contribution in [2.75, 3.05) is 5.73 Å². The van der Waals surface area contributed by atoms with Gasteiger partial charge in [0.05, 0.1) is 10.7 Å². The van der Waals surface area contributed by atoms with Crippen LogP contribution in [0.1, 0.15) is 0 Å². The number of nitrogen functional groups attached to an aromatic ring is 1. The van der Waals surface area contributed by atoms with Crippen molar-refractivity contribution in [3.8, 4) is 11.3 Å². The maximum atomic E-state index is 6.25. The molecular formula is C12H11ClN4. The van der Waals surface area contributed by atoms with Crippen LogP contribution < -0.4 is 5.73 Å². The van der Waals surface area contributed by atoms with E-state index in [0.29, 0.717) is 5.82 Å². The van der Waals surface area contributed by atoms with Crippen molar-refractivity contribution in [2.45, 2.75) is 0 Å². The maximum Gasteiger partial charge on any atom is 0.145 e. The Balaban J connectivity index is 2.37. The predicted molar refractivity (Wildman–Crippen MR) is 69.9 cm³/mol. The fraction of sp³-hybridized carbons (Fsp3) is 0.0833. The summed E-state index contributed by atoms with van der Waals surface area (Å²) < 4.78 is 2.04. The van der Waals surface area contributed by atoms with Crippen LogP contribution in [0.15, 0.2) is 30.5 Å². The molecule has 4 nitrogen and oxygen atoms in total. The number of rotatable bonds is 1. The Bertz CT molecular complexity index is 696. The van der Waals surface area contributed by atoms with E-state index in [1.165, 1.54) is 0 Å². The maximum absolute atomic E-state index is 6.25. The SMILES string of the molecule is Cn1cc(-c2cc(N)n[nH]2)c2c(Cl)cccc21. The van der Waals surface area contributed by atoms with Crippen LogP contribution in [-0.2, 0) is 7.05 Å². The summed E-state index contributed by atoms with van der Waals surface area (Å²) in [6, 6.07) is 7.66. The molecule has 0 unspecified atom stereocenters. The van der Waals surface area contributed by atoms with E-state index < -0.39 is 0 Å². The average Bonchev–Trinajstić information content (AvgIpc) is 2.85. The average molecular weight is 247 g/mol. The number of aromatic nitrogens is 3. The van der Waals surface area contributed by atoms with Gasteiger partial charge in [-0.2, -0.15) is 5.10 Å². The molecule has 3 aromatic rings. The highest BCUT2D eigenvalue weighted by Crippen LogP contribution is 2.34. The predicted octanol–water partition coefficient (Wildman–Crippen LogP) is 2.80. The summed E-state index contributed by atoms with van der Waals surface area (Å²) in [7, 11) is 1.99. The summed E-state index contributed by atoms with van der Waals surface area (Å²) in [6.07, 6.45) is 2.02. The molecule has 2 aromatic heterocycles. The van der Waals surface area contributed by atoms with Crippen LogP contribution in [0.25, 0.3) is 22.2 Å². The van der Waals surface area contributed by atoms with E-state index in [0.717, 1.165) is 27.2 Å². The highest BCUT2D eigenvalue weighted by molar-refractivity contribution is 6.36. The van der Waals surface area contributed by atoms with Gasteiger partial charge in [0, 0.05) is 35.8 Å². The lowest BCUT2D eigenvalue weighted by Gasteiger charge is -1.98. The van der Waals surface area contributed by atoms with E-state index in [9.17, 15) is 0 Å². The zero-order valence-corrected chi connectivity index (χ0v) is 9.99. The van der Waals surface area contributed by atoms with E-state index in [1.54, 1.807) is 6.07 Å². The van der Waals surface area contributed by atoms with E-state index in [-0.39, 0.29) is 0 Å². The van der Waals surface area contributed by atoms with E-state index in [1.807, 2.05) is 36.0 Å². The lowest BCUT2D eigenvalue weighted by Crippen LogP contribution is -1.82. The Labute approximate surface area is 103 Å². The van der Waals surface area contributed by atoms with E-state index in [4.69, 9.17) is 17.3 Å². The number of hydrogen-bond donors (Lipinski definition) is 2. The number of halogens is 1. The first-order valence-corrected chi connectivity index (χ1v) is 5.59. The molecule has 3 N–H and O–H groups in total. The number of benzene rings is 1. The molecule has 5 heteroatoms. The number of nitrogens with one attached hydrogen (secondary N) is 1. The highest BCUT2D eigenvalue weighted by atomic mass is 35.5. The Hall–Kier alpha value is -1.94. The van der Waals surface area contributed by atoms with Crippen molar-refractivity contribution in [3.63, 3.8) is 0 Å². The van der Waals surface area contributed by atoms with Gasteiger partial charge in [0.25, 0.3) is 0 Å². The molecule has 0 saturated carbocycles. The number of anilines is 1. The molecule has 2 heterocycles. The zero-order valence-electron chi connectivity index (χ0n) is 9.24. The molecule has 0 bridgehead atoms. The summed E-state index contributed by atoms with van der Waals surface area (Å²) in [6.45, 7) is 0. The molecule has 0 atom stereocenters. The molecule has 0 radical (unpaired) electrons. The molecule has 86 valence electrons. The third kappa shape index (κ3) is 1.49. The van der Waals surface area contributed by atoms with Crippen molar-refractivity contribution in [3.05, 3.63) is 35.5 Å². The van der Waals surface area contributed by atoms with E-state index >= 15 is 0 Å². The van der Waals surface area contributed by atoms with Crippen molar-refractivity contribution in [1.82, 2.24) is 14.8 Å². The van der Waals surface area contributed by atoms with Crippen LogP contribution in [0, 0.1) is 0 Å². The number of H-pyrrole nitrogens is 1. The first kappa shape index (κ1) is 10.2. The number of hydrogen-bond acceptors (Lipinski definition) is 2. The number of aromatic amines is 1. The molecule has 0 fully saturated rings. The van der Waals surface area contributed by atoms with Gasteiger partial charge in [-0.25, -0.2) is 0 Å². The van der Waals surface area contributed by atoms with E-state index in [2.05, 4.69) is 10.2 Å². The Kier molecular flexibility index (Phi) is 2.12. The first-order valence-electron chi connectivity index (χ1n) is 5.21. The topological polar surface area (TPSA) is 59.6 Å². The van der Waals surface area contributed by atoms with Crippen LogP contribution in [0.2, 0.25) is 5.02 Å². The molecule has 0 amide bonds. The smallest absolute Gasteiger partial charge is 0.145 e. The summed E-state index contributed by atoms with van der Waals surface area (Å²) in [5, 5.41) is 8.59. The van der Waals surface area contributed by atoms with Crippen LogP contribution in [0.4, 0.5) is 5.82 Å². The summed E-state index contributed by atoms with van der Waals surface area (Å²) in [5.74, 6) is 0.476. The summed E-state index contributed by atoms with van der Waals surface area (Å²) in [4.78, 5) is 0. The van der Waals surface area contributed by atoms with Gasteiger partial charge >= 0.3 is 0 Å². The van der Waals surface area contributed by atoms with Crippen molar-refractivity contribution >= 4 is 28.3 Å². The Morgan fingerprint density at radius 3 is 2.94 bits per heavy atom. The van der Waals surface area contributed by atoms with Gasteiger partial charge in [-0.15, -0.1) is 0 Å². The van der Waals surface area contributed by atoms with Crippen LogP contribution in [0.3, 0.4) is 0 Å². The number of nitrogens with zero attached hydrogens (tertiary/aromatic N) is 2. The fourth-order valence-corrected chi connectivity index (χ4v) is 2.35. The third-order valence-corrected chi connectivity index (χ3v) is 3.17. The minimum atomic E-state index is 0.476. The molecule has 0 aliphatic heterocycles. The van der Waals surface area contributed by atoms with Gasteiger partial charge in [0.1, 0.15) is 5.82 Å². The minimum Gasteiger partial charge on any atom is -0.382 e. The van der Waals surface area contributed by atoms with Gasteiger partial charge in [-0.3, -0.25) is 5.10 Å². The lowest BCUT2D eigenvalue weighted by molar-refractivity contribution is 0.969. The zero-order chi connectivity index (χ0) is 12.0. The highest BCUT2D eigenvalue weighted by Gasteiger charge is 2.12. The van der Waals surface area contributed by atoms with Crippen molar-refractivity contribution in [1.29, 1.82) is 0 Å². The molecular weight excluding hydrogens is 236 g/mol. The molecule has 0 aliphatic rings. The quantitative estimate of drug-likeness (QED) is 0.694. The van der Waals surface area contributed by atoms with Crippen LogP contribution in [0.5, 0.6) is 0 Å². The number of aryl methyl sites for hydroxylation is 1. The summed E-state index contributed by atoms with van der Waals surface area (Å²) >= 11 is 6.25. The van der Waals surface area contributed by atoms with Gasteiger partial charge < -0.3 is 10.3 Å². The van der Waals surface area contributed by atoms with Gasteiger partial charge in [-0.05, 0) is 12.1 Å². The lowest BCUT2D eigenvalue weighted by atomic mass is 10.1. The second-order valence-corrected chi connectivity index (χ2v) is 4.40. The molecule has 3 rings (SSSR count). The van der Waals surface area contributed by atoms with Crippen molar-refractivity contribution in [2.24, 2.45) is 7.05 Å². The van der Waals surface area contributed by atoms with Gasteiger partial charge in [0.15, 0.2) is 0 Å². The largest absolute Gasteiger partial charge is 0.382 e.